The lowest BCUT2D eigenvalue weighted by Gasteiger charge is -2.44. The standard InChI is InChI=1S/C23H24N4O.C15H19N3O.C13H14N2O.2C7H4ClNO2S.C5H9NO.C4H6.C2H7NO/c1-24-21-9-5-3-7-19(21)17-26-13-11-23(12-14-26)27(15-16-28-23)18-20-8-4-6-10-22(20)25-2;1-16-14-5-3-2-4-13(14)12-18-9-6-15(7-10-18)17-8-11-19-15;1-14-13-5-3-2-4-11(13)10-15-8-6-12(16)7-9-15;2*8-12(10,11)7-4-2-1-3-6(7)5-9;7-5-1-3-6-4-2-5;1-3-4-2;3-1-2-4/h3-10H,11-18H2;2-5,17H,6-12H2;2-5H,6-10H2;2*1-4H;6H,1-4H2;1-2H3;4H,1-3H2. The molecule has 6 fully saturated rings. The first kappa shape index (κ1) is 83.9. The van der Waals surface area contributed by atoms with E-state index in [-0.39, 0.29) is 39.0 Å². The summed E-state index contributed by atoms with van der Waals surface area (Å²) in [6.07, 6.45) is 6.75. The number of Topliss-reactive ketones (excluding diaryl/α,β-unsaturated/α-hetero) is 2. The Bertz CT molecular complexity index is 4150. The molecule has 6 heterocycles. The van der Waals surface area contributed by atoms with Crippen molar-refractivity contribution >= 4 is 73.8 Å². The number of nitriles is 2. The zero-order chi connectivity index (χ0) is 74.2. The molecule has 0 radical (unpaired) electrons. The van der Waals surface area contributed by atoms with Gasteiger partial charge in [-0.05, 0) is 60.4 Å². The first-order valence-corrected chi connectivity index (χ1v) is 37.8. The third-order valence-corrected chi connectivity index (χ3v) is 19.8. The summed E-state index contributed by atoms with van der Waals surface area (Å²) in [5.41, 5.74) is 12.0. The van der Waals surface area contributed by atoms with Crippen LogP contribution in [0, 0.1) is 60.8 Å². The van der Waals surface area contributed by atoms with Gasteiger partial charge in [-0.2, -0.15) is 10.5 Å². The first-order chi connectivity index (χ1) is 49.2. The third-order valence-electron chi connectivity index (χ3n) is 17.0. The number of nitrogens with one attached hydrogen (secondary N) is 2. The summed E-state index contributed by atoms with van der Waals surface area (Å²) in [4.78, 5) is 45.2. The molecule has 0 bridgehead atoms. The minimum absolute atomic E-state index is 0.0597. The number of rotatable bonds is 11. The number of carbonyl (C=O) groups excluding carboxylic acids is 2. The number of carbonyl (C=O) groups is 2. The molecule has 0 aliphatic carbocycles. The Morgan fingerprint density at radius 3 is 1.19 bits per heavy atom. The highest BCUT2D eigenvalue weighted by atomic mass is 35.7. The van der Waals surface area contributed by atoms with Crippen molar-refractivity contribution in [2.24, 2.45) is 5.73 Å². The fourth-order valence-corrected chi connectivity index (χ4v) is 13.5. The average Bonchev–Trinajstić information content (AvgIpc) is 1.61. The molecule has 6 aromatic rings. The van der Waals surface area contributed by atoms with E-state index < -0.39 is 18.1 Å². The SMILES string of the molecule is CC#CC.N#Cc1ccccc1S(=O)(=O)Cl.N#Cc1ccccc1S(=O)(=O)Cl.NCCO.O=C1CCNCC1.[C-]#[N+]c1ccccc1CN1CCC(=O)CC1.[C-]#[N+]c1ccccc1CN1CCC2(CC1)NCCO2.[C-]#[N+]c1ccccc1CN1CCC2(CC1)OCCN2Cc1ccccc1[N+]#[C-]. The summed E-state index contributed by atoms with van der Waals surface area (Å²) in [5, 5.41) is 31.3. The van der Waals surface area contributed by atoms with Crippen LogP contribution in [0.5, 0.6) is 0 Å². The van der Waals surface area contributed by atoms with Crippen molar-refractivity contribution in [1.82, 2.24) is 30.2 Å². The van der Waals surface area contributed by atoms with E-state index in [0.29, 0.717) is 31.0 Å². The highest BCUT2D eigenvalue weighted by Crippen LogP contribution is 2.38. The summed E-state index contributed by atoms with van der Waals surface area (Å²) in [7, 11) is 2.54. The van der Waals surface area contributed by atoms with Gasteiger partial charge in [0.25, 0.3) is 18.1 Å². The van der Waals surface area contributed by atoms with Crippen molar-refractivity contribution in [3.05, 3.63) is 225 Å². The maximum Gasteiger partial charge on any atom is 0.262 e. The van der Waals surface area contributed by atoms with Gasteiger partial charge in [-0.1, -0.05) is 121 Å². The molecule has 0 unspecified atom stereocenters. The number of para-hydroxylation sites is 4. The number of piperidine rings is 4. The predicted octanol–water partition coefficient (Wildman–Crippen LogP) is 12.0. The van der Waals surface area contributed by atoms with Crippen LogP contribution in [0.3, 0.4) is 0 Å². The predicted molar refractivity (Wildman–Crippen MR) is 396 cm³/mol. The highest BCUT2D eigenvalue weighted by molar-refractivity contribution is 8.14. The molecule has 6 aromatic carbocycles. The third kappa shape index (κ3) is 27.9. The normalized spacial score (nSPS) is 16.7. The molecule has 0 amide bonds. The molecule has 102 heavy (non-hydrogen) atoms. The van der Waals surface area contributed by atoms with Crippen LogP contribution in [-0.4, -0.2) is 156 Å². The van der Waals surface area contributed by atoms with Crippen LogP contribution < -0.4 is 16.4 Å². The molecular weight excluding hydrogens is 1370 g/mol. The zero-order valence-electron chi connectivity index (χ0n) is 57.6. The number of benzene rings is 6. The van der Waals surface area contributed by atoms with Gasteiger partial charge in [-0.3, -0.25) is 34.5 Å². The quantitative estimate of drug-likeness (QED) is 0.0533. The van der Waals surface area contributed by atoms with Gasteiger partial charge in [0.15, 0.2) is 22.7 Å². The van der Waals surface area contributed by atoms with E-state index in [4.69, 9.17) is 78.5 Å². The van der Waals surface area contributed by atoms with Crippen LogP contribution in [0.15, 0.2) is 155 Å². The van der Waals surface area contributed by atoms with Gasteiger partial charge in [0.2, 0.25) is 0 Å². The van der Waals surface area contributed by atoms with E-state index in [9.17, 15) is 26.4 Å². The van der Waals surface area contributed by atoms with E-state index in [1.165, 1.54) is 36.4 Å². The second-order valence-corrected chi connectivity index (χ2v) is 28.8. The number of hydrogen-bond acceptors (Lipinski definition) is 18. The molecule has 0 atom stereocenters. The lowest BCUT2D eigenvalue weighted by atomic mass is 9.97. The maximum absolute atomic E-state index is 11.1. The van der Waals surface area contributed by atoms with Crippen molar-refractivity contribution in [2.45, 2.75) is 113 Å². The zero-order valence-corrected chi connectivity index (χ0v) is 60.7. The molecule has 0 saturated carbocycles. The number of aliphatic hydroxyl groups excluding tert-OH is 1. The number of nitrogens with two attached hydrogens (primary N) is 1. The van der Waals surface area contributed by atoms with E-state index in [1.54, 1.807) is 24.3 Å². The maximum atomic E-state index is 11.1. The number of hydrogen-bond donors (Lipinski definition) is 4. The summed E-state index contributed by atoms with van der Waals surface area (Å²) in [6.45, 7) is 47.3. The molecular formula is C76H87Cl2N13O9S2. The van der Waals surface area contributed by atoms with Crippen LogP contribution in [0.2, 0.25) is 0 Å². The number of likely N-dealkylation sites (tertiary alicyclic amines) is 3. The molecule has 6 aliphatic heterocycles. The van der Waals surface area contributed by atoms with Gasteiger partial charge in [0.1, 0.15) is 44.9 Å². The van der Waals surface area contributed by atoms with Crippen LogP contribution >= 0.6 is 21.4 Å². The number of ketones is 2. The van der Waals surface area contributed by atoms with Crippen LogP contribution in [0.4, 0.5) is 22.7 Å². The number of nitrogens with zero attached hydrogens (tertiary/aromatic N) is 10. The van der Waals surface area contributed by atoms with E-state index in [2.05, 4.69) is 79.7 Å². The second kappa shape index (κ2) is 44.6. The largest absolute Gasteiger partial charge is 0.395 e. The van der Waals surface area contributed by atoms with E-state index >= 15 is 0 Å². The summed E-state index contributed by atoms with van der Waals surface area (Å²) in [5.74, 6) is 6.12. The van der Waals surface area contributed by atoms with Crippen molar-refractivity contribution in [3.8, 4) is 24.0 Å². The number of halogens is 2. The Hall–Kier alpha value is -8.76. The van der Waals surface area contributed by atoms with Gasteiger partial charge in [-0.15, -0.1) is 11.8 Å². The lowest BCUT2D eigenvalue weighted by Crippen LogP contribution is -2.52. The molecule has 2 spiro atoms. The van der Waals surface area contributed by atoms with Gasteiger partial charge < -0.3 is 25.6 Å². The molecule has 26 heteroatoms. The van der Waals surface area contributed by atoms with Crippen molar-refractivity contribution < 1.29 is 41.0 Å². The van der Waals surface area contributed by atoms with E-state index in [0.717, 1.165) is 188 Å². The summed E-state index contributed by atoms with van der Waals surface area (Å²) in [6, 6.07) is 46.3. The molecule has 0 aromatic heterocycles. The van der Waals surface area contributed by atoms with Gasteiger partial charge >= 0.3 is 0 Å². The molecule has 536 valence electrons. The second-order valence-electron chi connectivity index (χ2n) is 23.7. The van der Waals surface area contributed by atoms with Crippen molar-refractivity contribution in [1.29, 1.82) is 10.5 Å². The Kier molecular flexibility index (Phi) is 36.7. The van der Waals surface area contributed by atoms with Crippen LogP contribution in [-0.2, 0) is 63.3 Å². The van der Waals surface area contributed by atoms with Crippen LogP contribution in [0.25, 0.3) is 19.4 Å². The minimum Gasteiger partial charge on any atom is -0.395 e. The summed E-state index contributed by atoms with van der Waals surface area (Å²) < 4.78 is 55.4. The molecule has 5 N–H and O–H groups in total. The highest BCUT2D eigenvalue weighted by Gasteiger charge is 2.45. The molecule has 6 aliphatic rings. The van der Waals surface area contributed by atoms with Crippen LogP contribution in [0.1, 0.15) is 98.6 Å². The average molecular weight is 1460 g/mol. The fourth-order valence-electron chi connectivity index (χ4n) is 11.5. The fraction of sp³-hybridized carbons (Fsp3) is 0.395. The molecule has 12 rings (SSSR count). The minimum atomic E-state index is -3.80. The summed E-state index contributed by atoms with van der Waals surface area (Å²) >= 11 is 0. The molecule has 6 saturated heterocycles. The monoisotopic (exact) mass is 1460 g/mol. The topological polar surface area (TPSA) is 269 Å². The number of aliphatic hydroxyl groups is 1. The Labute approximate surface area is 610 Å². The number of ether oxygens (including phenoxy) is 2. The Balaban J connectivity index is 0.000000225. The first-order valence-electron chi connectivity index (χ1n) is 33.2. The smallest absolute Gasteiger partial charge is 0.262 e. The van der Waals surface area contributed by atoms with Crippen molar-refractivity contribution in [3.63, 3.8) is 0 Å². The molecule has 22 nitrogen and oxygen atoms in total. The lowest BCUT2D eigenvalue weighted by molar-refractivity contribution is -0.123. The van der Waals surface area contributed by atoms with Crippen molar-refractivity contribution in [2.75, 3.05) is 91.8 Å². The Morgan fingerprint density at radius 2 is 0.863 bits per heavy atom. The van der Waals surface area contributed by atoms with E-state index in [1.807, 2.05) is 92.7 Å². The van der Waals surface area contributed by atoms with Gasteiger partial charge in [-0.25, -0.2) is 36.2 Å². The Morgan fingerprint density at radius 1 is 0.510 bits per heavy atom. The van der Waals surface area contributed by atoms with Gasteiger partial charge in [0, 0.05) is 171 Å². The van der Waals surface area contributed by atoms with Gasteiger partial charge in [0.05, 0.1) is 57.2 Å².